The molecule has 0 fully saturated rings. The number of anilines is 1. The Morgan fingerprint density at radius 1 is 0.622 bits per heavy atom. The van der Waals surface area contributed by atoms with Crippen LogP contribution in [0.4, 0.5) is 5.69 Å². The van der Waals surface area contributed by atoms with Gasteiger partial charge in [0, 0.05) is 17.3 Å². The van der Waals surface area contributed by atoms with E-state index in [9.17, 15) is 0 Å². The maximum Gasteiger partial charge on any atom is 0.0411 e. The van der Waals surface area contributed by atoms with Crippen LogP contribution in [0, 0.1) is 12.1 Å². The molecule has 0 unspecified atom stereocenters. The predicted octanol–water partition coefficient (Wildman–Crippen LogP) is 9.29. The zero-order valence-electron chi connectivity index (χ0n) is 20.6. The number of benzene rings is 4. The summed E-state index contributed by atoms with van der Waals surface area (Å²) in [5.41, 5.74) is 17.7. The van der Waals surface area contributed by atoms with Gasteiger partial charge in [-0.2, -0.15) is 0 Å². The minimum Gasteiger partial charge on any atom is -0.398 e. The third kappa shape index (κ3) is 5.30. The van der Waals surface area contributed by atoms with Crippen molar-refractivity contribution in [3.05, 3.63) is 158 Å². The fourth-order valence-corrected chi connectivity index (χ4v) is 4.48. The molecule has 0 spiro atoms. The quantitative estimate of drug-likeness (QED) is 0.234. The third-order valence-corrected chi connectivity index (χ3v) is 6.37. The summed E-state index contributed by atoms with van der Waals surface area (Å²) < 4.78 is 0. The van der Waals surface area contributed by atoms with Gasteiger partial charge in [0.15, 0.2) is 0 Å². The van der Waals surface area contributed by atoms with Gasteiger partial charge in [-0.25, -0.2) is 0 Å². The lowest BCUT2D eigenvalue weighted by molar-refractivity contribution is 1.54. The van der Waals surface area contributed by atoms with Gasteiger partial charge >= 0.3 is 0 Å². The van der Waals surface area contributed by atoms with E-state index in [1.165, 1.54) is 5.56 Å². The highest BCUT2D eigenvalue weighted by atomic mass is 14.5. The van der Waals surface area contributed by atoms with Gasteiger partial charge in [0.2, 0.25) is 0 Å². The molecule has 1 heteroatoms. The molecule has 0 aromatic heterocycles. The van der Waals surface area contributed by atoms with Crippen LogP contribution in [-0.4, -0.2) is 0 Å². The van der Waals surface area contributed by atoms with Crippen molar-refractivity contribution in [1.82, 2.24) is 0 Å². The van der Waals surface area contributed by atoms with Crippen molar-refractivity contribution in [3.63, 3.8) is 0 Å². The molecule has 2 N–H and O–H groups in total. The first kappa shape index (κ1) is 23.7. The van der Waals surface area contributed by atoms with Crippen LogP contribution in [0.3, 0.4) is 0 Å². The topological polar surface area (TPSA) is 26.0 Å². The molecule has 0 radical (unpaired) electrons. The van der Waals surface area contributed by atoms with E-state index in [1.54, 1.807) is 12.1 Å². The number of allylic oxidation sites excluding steroid dienone is 4. The van der Waals surface area contributed by atoms with Gasteiger partial charge in [-0.15, -0.1) is 0 Å². The molecule has 0 aliphatic heterocycles. The van der Waals surface area contributed by atoms with Gasteiger partial charge in [-0.1, -0.05) is 116 Å². The maximum atomic E-state index is 5.93. The SMILES string of the molecule is C=C/C=C(\C=C)c1cc(-c2ccccc2)cc(-c2cccc(-c3ccc(-c4c#ccc(N)c4)cc3)c2)c1. The largest absolute Gasteiger partial charge is 0.398 e. The van der Waals surface area contributed by atoms with Crippen molar-refractivity contribution in [2.45, 2.75) is 0 Å². The van der Waals surface area contributed by atoms with E-state index in [0.29, 0.717) is 5.69 Å². The zero-order chi connectivity index (χ0) is 25.6. The minimum absolute atomic E-state index is 0.685. The number of hydrogen-bond donors (Lipinski definition) is 1. The van der Waals surface area contributed by atoms with Crippen molar-refractivity contribution in [1.29, 1.82) is 0 Å². The normalized spacial score (nSPS) is 11.0. The lowest BCUT2D eigenvalue weighted by Gasteiger charge is -2.13. The maximum absolute atomic E-state index is 5.93. The molecule has 0 atom stereocenters. The van der Waals surface area contributed by atoms with E-state index in [1.807, 2.05) is 24.3 Å². The van der Waals surface area contributed by atoms with Gasteiger partial charge in [0.05, 0.1) is 0 Å². The van der Waals surface area contributed by atoms with Crippen LogP contribution in [0.1, 0.15) is 5.56 Å². The van der Waals surface area contributed by atoms with E-state index in [-0.39, 0.29) is 0 Å². The minimum atomic E-state index is 0.685. The smallest absolute Gasteiger partial charge is 0.0411 e. The lowest BCUT2D eigenvalue weighted by Crippen LogP contribution is -1.89. The standard InChI is InChI=1S/C36H27N/c1-3-10-26(4-2)33-22-34(27-11-6-5-7-12-27)24-35(23-33)31-14-8-13-30(21-31)28-17-19-29(20-18-28)32-15-9-16-36(37)25-32/h3-8,10-14,16-25H,1-2,37H2/b26-10+. The highest BCUT2D eigenvalue weighted by Crippen LogP contribution is 2.34. The van der Waals surface area contributed by atoms with Crippen molar-refractivity contribution >= 4 is 11.3 Å². The van der Waals surface area contributed by atoms with Crippen LogP contribution in [0.5, 0.6) is 0 Å². The van der Waals surface area contributed by atoms with Crippen LogP contribution in [-0.2, 0) is 0 Å². The molecule has 0 bridgehead atoms. The Kier molecular flexibility index (Phi) is 6.84. The van der Waals surface area contributed by atoms with Crippen LogP contribution in [0.2, 0.25) is 0 Å². The van der Waals surface area contributed by atoms with E-state index < -0.39 is 0 Å². The fourth-order valence-electron chi connectivity index (χ4n) is 4.48. The Labute approximate surface area is 219 Å². The van der Waals surface area contributed by atoms with Gasteiger partial charge in [-0.3, -0.25) is 0 Å². The molecule has 0 amide bonds. The van der Waals surface area contributed by atoms with Crippen LogP contribution in [0.15, 0.2) is 141 Å². The second-order valence-electron chi connectivity index (χ2n) is 8.86. The predicted molar refractivity (Wildman–Crippen MR) is 159 cm³/mol. The molecule has 5 rings (SSSR count). The summed E-state index contributed by atoms with van der Waals surface area (Å²) in [6, 6.07) is 44.1. The van der Waals surface area contributed by atoms with Gasteiger partial charge < -0.3 is 5.73 Å². The van der Waals surface area contributed by atoms with Crippen LogP contribution in [0.25, 0.3) is 50.1 Å². The summed E-state index contributed by atoms with van der Waals surface area (Å²) in [4.78, 5) is 0. The second kappa shape index (κ2) is 10.7. The summed E-state index contributed by atoms with van der Waals surface area (Å²) in [6.45, 7) is 7.90. The summed E-state index contributed by atoms with van der Waals surface area (Å²) in [7, 11) is 0. The average Bonchev–Trinajstić information content (AvgIpc) is 2.96. The molecule has 1 nitrogen and oxygen atoms in total. The van der Waals surface area contributed by atoms with Crippen molar-refractivity contribution < 1.29 is 0 Å². The van der Waals surface area contributed by atoms with E-state index in [4.69, 9.17) is 5.73 Å². The Bertz CT molecular complexity index is 1590. The monoisotopic (exact) mass is 473 g/mol. The van der Waals surface area contributed by atoms with Crippen LogP contribution >= 0.6 is 0 Å². The first-order chi connectivity index (χ1) is 18.1. The molecule has 5 aromatic carbocycles. The zero-order valence-corrected chi connectivity index (χ0v) is 20.6. The number of hydrogen-bond acceptors (Lipinski definition) is 1. The number of rotatable bonds is 7. The molecule has 0 aliphatic rings. The molecule has 5 aromatic rings. The highest BCUT2D eigenvalue weighted by molar-refractivity contribution is 5.84. The Morgan fingerprint density at radius 2 is 1.22 bits per heavy atom. The Hall–Kier alpha value is -5.06. The van der Waals surface area contributed by atoms with Gasteiger partial charge in [0.1, 0.15) is 0 Å². The number of nitrogens with two attached hydrogens (primary N) is 1. The van der Waals surface area contributed by atoms with E-state index in [2.05, 4.69) is 116 Å². The molecular formula is C36H27N. The Balaban J connectivity index is 1.56. The highest BCUT2D eigenvalue weighted by Gasteiger charge is 2.09. The molecular weight excluding hydrogens is 446 g/mol. The molecule has 0 heterocycles. The molecule has 0 saturated carbocycles. The average molecular weight is 474 g/mol. The van der Waals surface area contributed by atoms with Crippen molar-refractivity contribution in [2.75, 3.05) is 5.73 Å². The van der Waals surface area contributed by atoms with Crippen LogP contribution < -0.4 is 5.73 Å². The van der Waals surface area contributed by atoms with Crippen molar-refractivity contribution in [3.8, 4) is 44.5 Å². The first-order valence-electron chi connectivity index (χ1n) is 12.2. The van der Waals surface area contributed by atoms with Crippen molar-refractivity contribution in [2.24, 2.45) is 0 Å². The van der Waals surface area contributed by atoms with Gasteiger partial charge in [0.25, 0.3) is 0 Å². The Morgan fingerprint density at radius 3 is 1.89 bits per heavy atom. The number of nitrogen functional groups attached to an aromatic ring is 1. The van der Waals surface area contributed by atoms with E-state index >= 15 is 0 Å². The van der Waals surface area contributed by atoms with Gasteiger partial charge in [-0.05, 0) is 80.4 Å². The summed E-state index contributed by atoms with van der Waals surface area (Å²) in [5.74, 6) is 0. The summed E-state index contributed by atoms with van der Waals surface area (Å²) >= 11 is 0. The fraction of sp³-hybridized carbons (Fsp3) is 0. The molecule has 0 saturated heterocycles. The second-order valence-corrected chi connectivity index (χ2v) is 8.86. The van der Waals surface area contributed by atoms with E-state index in [0.717, 1.165) is 50.1 Å². The molecule has 37 heavy (non-hydrogen) atoms. The molecule has 176 valence electrons. The summed E-state index contributed by atoms with van der Waals surface area (Å²) in [6.07, 6.45) is 5.67. The lowest BCUT2D eigenvalue weighted by atomic mass is 9.91. The summed E-state index contributed by atoms with van der Waals surface area (Å²) in [5, 5.41) is 0. The first-order valence-corrected chi connectivity index (χ1v) is 12.2. The third-order valence-electron chi connectivity index (χ3n) is 6.37. The molecule has 0 aliphatic carbocycles.